The van der Waals surface area contributed by atoms with Crippen molar-refractivity contribution in [2.24, 2.45) is 0 Å². The molecule has 0 unspecified atom stereocenters. The number of nitrogens with one attached hydrogen (secondary N) is 1. The van der Waals surface area contributed by atoms with E-state index < -0.39 is 5.91 Å². The van der Waals surface area contributed by atoms with Crippen molar-refractivity contribution in [2.75, 3.05) is 5.32 Å². The van der Waals surface area contributed by atoms with Gasteiger partial charge in [0.15, 0.2) is 0 Å². The molecule has 172 valence electrons. The SMILES string of the molecule is N#C/C(=C\c1cn(Cc2ccccc2Cl)c2ccccc12)C(=O)Nc1sc2c(c1C#N)CCCC2. The van der Waals surface area contributed by atoms with E-state index in [9.17, 15) is 15.3 Å². The predicted molar refractivity (Wildman–Crippen MR) is 140 cm³/mol. The van der Waals surface area contributed by atoms with Crippen LogP contribution >= 0.6 is 22.9 Å². The molecular weight excluding hydrogens is 476 g/mol. The van der Waals surface area contributed by atoms with Crippen molar-refractivity contribution in [1.29, 1.82) is 10.5 Å². The second-order valence-corrected chi connectivity index (χ2v) is 9.98. The Balaban J connectivity index is 1.48. The zero-order chi connectivity index (χ0) is 24.4. The number of hydrogen-bond acceptors (Lipinski definition) is 4. The van der Waals surface area contributed by atoms with Crippen molar-refractivity contribution in [1.82, 2.24) is 4.57 Å². The standard InChI is InChI=1S/C28H21ClN4OS/c29-24-10-4-1-7-18(24)16-33-17-20(21-8-2-5-11-25(21)33)13-19(14-30)27(34)32-28-23(15-31)22-9-3-6-12-26(22)35-28/h1-2,4-5,7-8,10-11,13,17H,3,6,9,12,16H2,(H,32,34)/b19-13+. The Kier molecular flexibility index (Phi) is 6.42. The van der Waals surface area contributed by atoms with Gasteiger partial charge in [-0.25, -0.2) is 0 Å². The van der Waals surface area contributed by atoms with Crippen molar-refractivity contribution >= 4 is 50.8 Å². The molecule has 0 atom stereocenters. The van der Waals surface area contributed by atoms with Crippen molar-refractivity contribution in [2.45, 2.75) is 32.2 Å². The Morgan fingerprint density at radius 2 is 1.89 bits per heavy atom. The van der Waals surface area contributed by atoms with Crippen molar-refractivity contribution in [3.8, 4) is 12.1 Å². The number of nitrogens with zero attached hydrogens (tertiary/aromatic N) is 3. The molecule has 0 radical (unpaired) electrons. The molecule has 0 bridgehead atoms. The number of thiophene rings is 1. The number of aromatic nitrogens is 1. The maximum absolute atomic E-state index is 13.1. The van der Waals surface area contributed by atoms with Crippen LogP contribution < -0.4 is 5.32 Å². The number of hydrogen-bond donors (Lipinski definition) is 1. The largest absolute Gasteiger partial charge is 0.342 e. The maximum atomic E-state index is 13.1. The summed E-state index contributed by atoms with van der Waals surface area (Å²) in [5.41, 5.74) is 4.30. The average Bonchev–Trinajstić information content (AvgIpc) is 3.41. The van der Waals surface area contributed by atoms with Crippen LogP contribution in [-0.2, 0) is 24.2 Å². The molecule has 1 aliphatic rings. The lowest BCUT2D eigenvalue weighted by atomic mass is 9.96. The summed E-state index contributed by atoms with van der Waals surface area (Å²) in [5.74, 6) is -0.509. The highest BCUT2D eigenvalue weighted by Gasteiger charge is 2.23. The molecular formula is C28H21ClN4OS. The van der Waals surface area contributed by atoms with Crippen LogP contribution in [0.3, 0.4) is 0 Å². The highest BCUT2D eigenvalue weighted by molar-refractivity contribution is 7.16. The molecule has 2 aromatic heterocycles. The van der Waals surface area contributed by atoms with E-state index in [0.717, 1.165) is 58.2 Å². The van der Waals surface area contributed by atoms with E-state index in [0.29, 0.717) is 22.1 Å². The van der Waals surface area contributed by atoms with Crippen LogP contribution in [0.2, 0.25) is 5.02 Å². The number of carbonyl (C=O) groups is 1. The molecule has 0 spiro atoms. The van der Waals surface area contributed by atoms with Crippen LogP contribution in [0.25, 0.3) is 17.0 Å². The Morgan fingerprint density at radius 3 is 2.69 bits per heavy atom. The monoisotopic (exact) mass is 496 g/mol. The Morgan fingerprint density at radius 1 is 1.11 bits per heavy atom. The lowest BCUT2D eigenvalue weighted by Crippen LogP contribution is -2.13. The van der Waals surface area contributed by atoms with Gasteiger partial charge in [-0.3, -0.25) is 4.79 Å². The highest BCUT2D eigenvalue weighted by atomic mass is 35.5. The Hall–Kier alpha value is -3.84. The van der Waals surface area contributed by atoms with Gasteiger partial charge in [-0.2, -0.15) is 10.5 Å². The summed E-state index contributed by atoms with van der Waals surface area (Å²) in [7, 11) is 0. The molecule has 35 heavy (non-hydrogen) atoms. The predicted octanol–water partition coefficient (Wildman–Crippen LogP) is 6.70. The number of fused-ring (bicyclic) bond motifs is 2. The van der Waals surface area contributed by atoms with Gasteiger partial charge < -0.3 is 9.88 Å². The third-order valence-corrected chi connectivity index (χ3v) is 7.87. The summed E-state index contributed by atoms with van der Waals surface area (Å²) in [6, 6.07) is 19.8. The van der Waals surface area contributed by atoms with Crippen LogP contribution in [0.5, 0.6) is 0 Å². The first kappa shape index (κ1) is 22.9. The smallest absolute Gasteiger partial charge is 0.266 e. The number of halogens is 1. The topological polar surface area (TPSA) is 81.6 Å². The fraction of sp³-hybridized carbons (Fsp3) is 0.179. The van der Waals surface area contributed by atoms with Crippen LogP contribution in [-0.4, -0.2) is 10.5 Å². The molecule has 5 nitrogen and oxygen atoms in total. The third-order valence-electron chi connectivity index (χ3n) is 6.29. The van der Waals surface area contributed by atoms with Crippen LogP contribution in [0, 0.1) is 22.7 Å². The molecule has 0 saturated heterocycles. The highest BCUT2D eigenvalue weighted by Crippen LogP contribution is 2.38. The minimum atomic E-state index is -0.509. The van der Waals surface area contributed by atoms with E-state index in [2.05, 4.69) is 16.0 Å². The van der Waals surface area contributed by atoms with Crippen LogP contribution in [0.1, 0.15) is 40.0 Å². The number of amides is 1. The molecule has 2 aromatic carbocycles. The first-order chi connectivity index (χ1) is 17.1. The van der Waals surface area contributed by atoms with Gasteiger partial charge >= 0.3 is 0 Å². The number of rotatable bonds is 5. The number of carbonyl (C=O) groups excluding carboxylic acids is 1. The average molecular weight is 497 g/mol. The van der Waals surface area contributed by atoms with Gasteiger partial charge in [-0.05, 0) is 55.0 Å². The number of aryl methyl sites for hydroxylation is 1. The van der Waals surface area contributed by atoms with Crippen molar-refractivity contribution in [3.63, 3.8) is 0 Å². The molecule has 4 aromatic rings. The second kappa shape index (κ2) is 9.80. The van der Waals surface area contributed by atoms with E-state index >= 15 is 0 Å². The number of para-hydroxylation sites is 1. The van der Waals surface area contributed by atoms with Gasteiger partial charge in [-0.15, -0.1) is 11.3 Å². The molecule has 0 fully saturated rings. The summed E-state index contributed by atoms with van der Waals surface area (Å²) in [6.07, 6.45) is 7.47. The zero-order valence-electron chi connectivity index (χ0n) is 18.8. The number of nitriles is 2. The molecule has 0 saturated carbocycles. The van der Waals surface area contributed by atoms with E-state index in [1.807, 2.05) is 60.8 Å². The molecule has 7 heteroatoms. The first-order valence-electron chi connectivity index (χ1n) is 11.4. The van der Waals surface area contributed by atoms with Crippen LogP contribution in [0.15, 0.2) is 60.3 Å². The van der Waals surface area contributed by atoms with E-state index in [4.69, 9.17) is 11.6 Å². The molecule has 1 amide bonds. The van der Waals surface area contributed by atoms with Gasteiger partial charge in [-0.1, -0.05) is 48.0 Å². The van der Waals surface area contributed by atoms with E-state index in [-0.39, 0.29) is 5.57 Å². The quantitative estimate of drug-likeness (QED) is 0.246. The molecule has 5 rings (SSSR count). The number of benzene rings is 2. The Bertz CT molecular complexity index is 1560. The third kappa shape index (κ3) is 4.47. The minimum Gasteiger partial charge on any atom is -0.342 e. The molecule has 2 heterocycles. The molecule has 0 aliphatic heterocycles. The summed E-state index contributed by atoms with van der Waals surface area (Å²) in [5, 5.41) is 24.5. The lowest BCUT2D eigenvalue weighted by molar-refractivity contribution is -0.112. The van der Waals surface area contributed by atoms with Gasteiger partial charge in [0, 0.05) is 39.1 Å². The van der Waals surface area contributed by atoms with E-state index in [1.54, 1.807) is 6.08 Å². The number of anilines is 1. The summed E-state index contributed by atoms with van der Waals surface area (Å²) in [6.45, 7) is 0.564. The van der Waals surface area contributed by atoms with Crippen molar-refractivity contribution in [3.05, 3.63) is 92.5 Å². The fourth-order valence-corrected chi connectivity index (χ4v) is 6.01. The summed E-state index contributed by atoms with van der Waals surface area (Å²) in [4.78, 5) is 14.2. The molecule has 1 N–H and O–H groups in total. The van der Waals surface area contributed by atoms with Gasteiger partial charge in [0.25, 0.3) is 5.91 Å². The zero-order valence-corrected chi connectivity index (χ0v) is 20.4. The van der Waals surface area contributed by atoms with E-state index in [1.165, 1.54) is 11.3 Å². The lowest BCUT2D eigenvalue weighted by Gasteiger charge is -2.09. The van der Waals surface area contributed by atoms with Crippen LogP contribution in [0.4, 0.5) is 5.00 Å². The second-order valence-electron chi connectivity index (χ2n) is 8.47. The Labute approximate surface area is 212 Å². The minimum absolute atomic E-state index is 0.0130. The summed E-state index contributed by atoms with van der Waals surface area (Å²) < 4.78 is 2.07. The van der Waals surface area contributed by atoms with Crippen molar-refractivity contribution < 1.29 is 4.79 Å². The fourth-order valence-electron chi connectivity index (χ4n) is 4.58. The summed E-state index contributed by atoms with van der Waals surface area (Å²) >= 11 is 7.83. The van der Waals surface area contributed by atoms with Gasteiger partial charge in [0.2, 0.25) is 0 Å². The van der Waals surface area contributed by atoms with Gasteiger partial charge in [0.1, 0.15) is 22.7 Å². The van der Waals surface area contributed by atoms with Gasteiger partial charge in [0.05, 0.1) is 5.56 Å². The first-order valence-corrected chi connectivity index (χ1v) is 12.6. The normalized spacial score (nSPS) is 13.2. The molecule has 1 aliphatic carbocycles. The maximum Gasteiger partial charge on any atom is 0.266 e.